The molecule has 0 fully saturated rings. The first-order valence-electron chi connectivity index (χ1n) is 5.73. The van der Waals surface area contributed by atoms with Crippen LogP contribution in [-0.4, -0.2) is 12.1 Å². The highest BCUT2D eigenvalue weighted by Gasteiger charge is 2.04. The lowest BCUT2D eigenvalue weighted by molar-refractivity contribution is 0.387. The van der Waals surface area contributed by atoms with Crippen LogP contribution >= 0.6 is 11.3 Å². The van der Waals surface area contributed by atoms with Crippen molar-refractivity contribution in [3.05, 3.63) is 40.1 Å². The van der Waals surface area contributed by atoms with Gasteiger partial charge in [-0.25, -0.2) is 9.37 Å². The van der Waals surface area contributed by atoms with Crippen molar-refractivity contribution in [1.29, 1.82) is 0 Å². The number of anilines is 1. The number of rotatable bonds is 5. The second kappa shape index (κ2) is 5.82. The Morgan fingerprint density at radius 2 is 2.28 bits per heavy atom. The van der Waals surface area contributed by atoms with Crippen LogP contribution in [0, 0.1) is 5.82 Å². The molecule has 96 valence electrons. The monoisotopic (exact) mass is 266 g/mol. The highest BCUT2D eigenvalue weighted by Crippen LogP contribution is 2.22. The summed E-state index contributed by atoms with van der Waals surface area (Å²) < 4.78 is 18.1. The van der Waals surface area contributed by atoms with E-state index in [4.69, 9.17) is 4.74 Å². The molecule has 0 bridgehead atoms. The molecule has 0 atom stereocenters. The van der Waals surface area contributed by atoms with Crippen molar-refractivity contribution in [2.24, 2.45) is 0 Å². The fraction of sp³-hybridized carbons (Fsp3) is 0.308. The van der Waals surface area contributed by atoms with Gasteiger partial charge in [0.1, 0.15) is 0 Å². The molecule has 1 N–H and O–H groups in total. The fourth-order valence-electron chi connectivity index (χ4n) is 1.55. The van der Waals surface area contributed by atoms with Gasteiger partial charge in [0.2, 0.25) is 0 Å². The molecule has 0 unspecified atom stereocenters. The maximum Gasteiger partial charge on any atom is 0.165 e. The average molecular weight is 266 g/mol. The zero-order valence-corrected chi connectivity index (χ0v) is 11.2. The molecule has 0 aliphatic carbocycles. The van der Waals surface area contributed by atoms with E-state index >= 15 is 0 Å². The summed E-state index contributed by atoms with van der Waals surface area (Å²) >= 11 is 1.66. The quantitative estimate of drug-likeness (QED) is 0.899. The number of nitrogens with one attached hydrogen (secondary N) is 1. The van der Waals surface area contributed by atoms with E-state index in [0.29, 0.717) is 6.54 Å². The molecule has 18 heavy (non-hydrogen) atoms. The number of ether oxygens (including phenoxy) is 1. The lowest BCUT2D eigenvalue weighted by Crippen LogP contribution is -2.00. The Labute approximate surface area is 110 Å². The lowest BCUT2D eigenvalue weighted by atomic mass is 10.3. The van der Waals surface area contributed by atoms with Crippen LogP contribution in [0.2, 0.25) is 0 Å². The summed E-state index contributed by atoms with van der Waals surface area (Å²) in [4.78, 5) is 4.45. The van der Waals surface area contributed by atoms with Gasteiger partial charge in [0.05, 0.1) is 24.4 Å². The zero-order chi connectivity index (χ0) is 13.0. The molecule has 5 heteroatoms. The van der Waals surface area contributed by atoms with Crippen LogP contribution in [0.1, 0.15) is 17.6 Å². The molecule has 2 aromatic rings. The van der Waals surface area contributed by atoms with Gasteiger partial charge < -0.3 is 10.1 Å². The highest BCUT2D eigenvalue weighted by atomic mass is 32.1. The normalized spacial score (nSPS) is 10.4. The molecule has 0 saturated heterocycles. The molecule has 0 spiro atoms. The second-order valence-electron chi connectivity index (χ2n) is 3.79. The molecule has 0 radical (unpaired) electrons. The average Bonchev–Trinajstić information content (AvgIpc) is 2.86. The Bertz CT molecular complexity index is 527. The van der Waals surface area contributed by atoms with Crippen molar-refractivity contribution >= 4 is 17.0 Å². The van der Waals surface area contributed by atoms with Crippen LogP contribution in [0.4, 0.5) is 10.1 Å². The van der Waals surface area contributed by atoms with Crippen molar-refractivity contribution in [2.45, 2.75) is 19.9 Å². The molecular weight excluding hydrogens is 251 g/mol. The van der Waals surface area contributed by atoms with Crippen molar-refractivity contribution in [3.8, 4) is 5.75 Å². The van der Waals surface area contributed by atoms with Gasteiger partial charge in [-0.15, -0.1) is 11.3 Å². The number of aromatic nitrogens is 1. The number of hydrogen-bond donors (Lipinski definition) is 1. The maximum absolute atomic E-state index is 13.2. The molecule has 2 rings (SSSR count). The van der Waals surface area contributed by atoms with Gasteiger partial charge >= 0.3 is 0 Å². The summed E-state index contributed by atoms with van der Waals surface area (Å²) in [6.45, 7) is 2.71. The van der Waals surface area contributed by atoms with E-state index in [2.05, 4.69) is 17.2 Å². The molecule has 0 amide bonds. The minimum absolute atomic E-state index is 0.243. The number of thiazole rings is 1. The van der Waals surface area contributed by atoms with Crippen LogP contribution in [0.25, 0.3) is 0 Å². The van der Waals surface area contributed by atoms with Crippen LogP contribution in [-0.2, 0) is 13.0 Å². The number of aryl methyl sites for hydroxylation is 1. The summed E-state index contributed by atoms with van der Waals surface area (Å²) in [5.74, 6) is -0.113. The van der Waals surface area contributed by atoms with E-state index in [1.807, 2.05) is 5.38 Å². The molecule has 1 heterocycles. The van der Waals surface area contributed by atoms with Crippen LogP contribution in [0.15, 0.2) is 23.6 Å². The number of methoxy groups -OCH3 is 1. The van der Waals surface area contributed by atoms with E-state index < -0.39 is 0 Å². The van der Waals surface area contributed by atoms with E-state index in [0.717, 1.165) is 22.8 Å². The van der Waals surface area contributed by atoms with Crippen molar-refractivity contribution < 1.29 is 9.13 Å². The second-order valence-corrected chi connectivity index (χ2v) is 4.73. The maximum atomic E-state index is 13.2. The molecule has 3 nitrogen and oxygen atoms in total. The van der Waals surface area contributed by atoms with E-state index in [1.54, 1.807) is 23.5 Å². The van der Waals surface area contributed by atoms with Gasteiger partial charge in [-0.2, -0.15) is 0 Å². The Balaban J connectivity index is 2.01. The summed E-state index contributed by atoms with van der Waals surface area (Å²) in [6, 6.07) is 4.72. The number of nitrogens with zero attached hydrogens (tertiary/aromatic N) is 1. The van der Waals surface area contributed by atoms with Gasteiger partial charge in [-0.1, -0.05) is 6.92 Å². The van der Waals surface area contributed by atoms with Crippen LogP contribution in [0.3, 0.4) is 0 Å². The van der Waals surface area contributed by atoms with Gasteiger partial charge in [0.15, 0.2) is 11.6 Å². The fourth-order valence-corrected chi connectivity index (χ4v) is 2.30. The summed E-state index contributed by atoms with van der Waals surface area (Å²) in [6.07, 6.45) is 0.953. The number of halogens is 1. The first-order valence-corrected chi connectivity index (χ1v) is 6.61. The topological polar surface area (TPSA) is 34.2 Å². The first-order chi connectivity index (χ1) is 8.72. The van der Waals surface area contributed by atoms with Gasteiger partial charge in [-0.3, -0.25) is 0 Å². The number of benzene rings is 1. The SMILES string of the molecule is CCc1nc(CNc2ccc(F)c(OC)c2)cs1. The lowest BCUT2D eigenvalue weighted by Gasteiger charge is -2.07. The van der Waals surface area contributed by atoms with Crippen molar-refractivity contribution in [1.82, 2.24) is 4.98 Å². The standard InChI is InChI=1S/C13H15FN2OS/c1-3-13-16-10(8-18-13)7-15-9-4-5-11(14)12(6-9)17-2/h4-6,8,15H,3,7H2,1-2H3. The highest BCUT2D eigenvalue weighted by molar-refractivity contribution is 7.09. The Morgan fingerprint density at radius 3 is 2.94 bits per heavy atom. The predicted molar refractivity (Wildman–Crippen MR) is 71.8 cm³/mol. The summed E-state index contributed by atoms with van der Waals surface area (Å²) in [7, 11) is 1.45. The molecule has 0 saturated carbocycles. The Morgan fingerprint density at radius 1 is 1.44 bits per heavy atom. The summed E-state index contributed by atoms with van der Waals surface area (Å²) in [5, 5.41) is 6.36. The van der Waals surface area contributed by atoms with Crippen molar-refractivity contribution in [2.75, 3.05) is 12.4 Å². The van der Waals surface area contributed by atoms with E-state index in [9.17, 15) is 4.39 Å². The molecule has 0 aliphatic heterocycles. The minimum Gasteiger partial charge on any atom is -0.494 e. The van der Waals surface area contributed by atoms with Gasteiger partial charge in [-0.05, 0) is 18.6 Å². The third-order valence-corrected chi connectivity index (χ3v) is 3.57. The molecule has 1 aromatic heterocycles. The smallest absolute Gasteiger partial charge is 0.165 e. The van der Waals surface area contributed by atoms with Crippen molar-refractivity contribution in [3.63, 3.8) is 0 Å². The zero-order valence-electron chi connectivity index (χ0n) is 10.4. The first kappa shape index (κ1) is 12.8. The van der Waals surface area contributed by atoms with Gasteiger partial charge in [0.25, 0.3) is 0 Å². The molecule has 0 aliphatic rings. The predicted octanol–water partition coefficient (Wildman–Crippen LogP) is 3.47. The third kappa shape index (κ3) is 2.98. The van der Waals surface area contributed by atoms with E-state index in [-0.39, 0.29) is 11.6 Å². The Kier molecular flexibility index (Phi) is 4.15. The third-order valence-electron chi connectivity index (χ3n) is 2.53. The largest absolute Gasteiger partial charge is 0.494 e. The Hall–Kier alpha value is -1.62. The van der Waals surface area contributed by atoms with Crippen LogP contribution in [0.5, 0.6) is 5.75 Å². The van der Waals surface area contributed by atoms with E-state index in [1.165, 1.54) is 13.2 Å². The molecule has 1 aromatic carbocycles. The molecular formula is C13H15FN2OS. The minimum atomic E-state index is -0.357. The number of hydrogen-bond acceptors (Lipinski definition) is 4. The van der Waals surface area contributed by atoms with Gasteiger partial charge in [0, 0.05) is 17.1 Å². The van der Waals surface area contributed by atoms with Crippen LogP contribution < -0.4 is 10.1 Å². The summed E-state index contributed by atoms with van der Waals surface area (Å²) in [5.41, 5.74) is 1.82.